The van der Waals surface area contributed by atoms with E-state index in [1.54, 1.807) is 0 Å². The number of nitrogens with zero attached hydrogens (tertiary/aromatic N) is 3. The van der Waals surface area contributed by atoms with Gasteiger partial charge in [0.05, 0.1) is 25.5 Å². The maximum Gasteiger partial charge on any atom is 0.491 e. The molecule has 1 atom stereocenters. The first-order valence-corrected chi connectivity index (χ1v) is 11.7. The highest BCUT2D eigenvalue weighted by Gasteiger charge is 2.42. The van der Waals surface area contributed by atoms with Gasteiger partial charge in [-0.25, -0.2) is 19.0 Å². The molecule has 0 aliphatic heterocycles. The summed E-state index contributed by atoms with van der Waals surface area (Å²) >= 11 is 0. The van der Waals surface area contributed by atoms with E-state index in [0.29, 0.717) is 0 Å². The van der Waals surface area contributed by atoms with Crippen LogP contribution in [-0.2, 0) is 4.79 Å². The number of alkyl halides is 3. The van der Waals surface area contributed by atoms with Crippen LogP contribution in [0.5, 0.6) is 17.2 Å². The van der Waals surface area contributed by atoms with Crippen LogP contribution in [0.25, 0.3) is 5.82 Å². The number of aromatic amines is 1. The molecule has 0 bridgehead atoms. The summed E-state index contributed by atoms with van der Waals surface area (Å²) in [5.74, 6) is -5.16. The predicted molar refractivity (Wildman–Crippen MR) is 141 cm³/mol. The van der Waals surface area contributed by atoms with E-state index in [4.69, 9.17) is 26.4 Å². The monoisotopic (exact) mass is 590 g/mol. The van der Waals surface area contributed by atoms with Crippen LogP contribution in [0.3, 0.4) is 0 Å². The number of nitrogen functional groups attached to an aromatic ring is 2. The number of methoxy groups -OCH3 is 2. The van der Waals surface area contributed by atoms with Gasteiger partial charge in [0, 0.05) is 29.6 Å². The van der Waals surface area contributed by atoms with Crippen LogP contribution in [0.4, 0.5) is 28.9 Å². The zero-order chi connectivity index (χ0) is 30.8. The maximum atomic E-state index is 15.7. The molecule has 0 radical (unpaired) electrons. The van der Waals surface area contributed by atoms with Gasteiger partial charge in [0.25, 0.3) is 0 Å². The van der Waals surface area contributed by atoms with Crippen LogP contribution in [-0.4, -0.2) is 51.9 Å². The van der Waals surface area contributed by atoms with Gasteiger partial charge in [-0.3, -0.25) is 10.4 Å². The average Bonchev–Trinajstić information content (AvgIpc) is 3.32. The lowest BCUT2D eigenvalue weighted by molar-refractivity contribution is -0.189. The third-order valence-electron chi connectivity index (χ3n) is 5.75. The molecule has 1 unspecified atom stereocenters. The van der Waals surface area contributed by atoms with Gasteiger partial charge in [-0.15, -0.1) is 5.10 Å². The van der Waals surface area contributed by atoms with E-state index in [2.05, 4.69) is 25.1 Å². The molecule has 17 heteroatoms. The van der Waals surface area contributed by atoms with Crippen molar-refractivity contribution in [2.45, 2.75) is 12.2 Å². The molecule has 0 amide bonds. The van der Waals surface area contributed by atoms with Crippen LogP contribution < -0.4 is 36.7 Å². The zero-order valence-corrected chi connectivity index (χ0v) is 21.7. The largest absolute Gasteiger partial charge is 0.497 e. The van der Waals surface area contributed by atoms with Crippen molar-refractivity contribution in [3.8, 4) is 23.1 Å². The normalized spacial score (nSPS) is 12.0. The number of ether oxygens (including phenoxy) is 3. The topological polar surface area (TPSA) is 196 Å². The summed E-state index contributed by atoms with van der Waals surface area (Å²) in [7, 11) is 2.54. The van der Waals surface area contributed by atoms with Gasteiger partial charge in [0.1, 0.15) is 23.4 Å². The highest BCUT2D eigenvalue weighted by Crippen LogP contribution is 2.36. The summed E-state index contributed by atoms with van der Waals surface area (Å²) in [4.78, 5) is 31.0. The molecule has 7 N–H and O–H groups in total. The predicted octanol–water partition coefficient (Wildman–Crippen LogP) is 2.65. The number of hydrogen-bond donors (Lipinski definition) is 5. The molecule has 0 aliphatic rings. The number of hydrogen-bond acceptors (Lipinski definition) is 10. The first kappa shape index (κ1) is 29.4. The number of halogens is 4. The molecule has 0 spiro atoms. The highest BCUT2D eigenvalue weighted by atomic mass is 19.4. The molecule has 0 saturated carbocycles. The van der Waals surface area contributed by atoms with Crippen molar-refractivity contribution < 1.29 is 36.6 Å². The van der Waals surface area contributed by atoms with E-state index in [0.717, 1.165) is 16.8 Å². The second-order valence-corrected chi connectivity index (χ2v) is 8.47. The fraction of sp³-hybridized carbons (Fsp3) is 0.160. The Kier molecular flexibility index (Phi) is 8.03. The van der Waals surface area contributed by atoms with E-state index >= 15 is 4.39 Å². The smallest absolute Gasteiger partial charge is 0.491 e. The van der Waals surface area contributed by atoms with Crippen molar-refractivity contribution in [1.29, 1.82) is 5.41 Å². The SMILES string of the molecule is COc1cc(OC)c(F)c(C(Nc2ccc(C(=N)N)c(OC(=O)C(F)(F)F)c2)c2nn(-c3ncccc3N)c(=O)[nH]2)c1. The zero-order valence-electron chi connectivity index (χ0n) is 21.7. The molecule has 2 aromatic carbocycles. The Morgan fingerprint density at radius 2 is 1.88 bits per heavy atom. The summed E-state index contributed by atoms with van der Waals surface area (Å²) in [6.45, 7) is 0. The van der Waals surface area contributed by atoms with E-state index in [-0.39, 0.29) is 45.6 Å². The fourth-order valence-corrected chi connectivity index (χ4v) is 3.81. The quantitative estimate of drug-likeness (QED) is 0.0635. The van der Waals surface area contributed by atoms with Gasteiger partial charge in [-0.2, -0.15) is 17.9 Å². The van der Waals surface area contributed by atoms with Gasteiger partial charge in [0.2, 0.25) is 0 Å². The molecular formula is C25H22F4N8O5. The minimum atomic E-state index is -5.35. The summed E-state index contributed by atoms with van der Waals surface area (Å²) in [6, 6.07) is 7.50. The highest BCUT2D eigenvalue weighted by molar-refractivity contribution is 5.99. The number of amidine groups is 1. The Bertz CT molecular complexity index is 1720. The van der Waals surface area contributed by atoms with Crippen LogP contribution in [0.15, 0.2) is 53.5 Å². The van der Waals surface area contributed by atoms with Crippen LogP contribution in [0.1, 0.15) is 23.0 Å². The van der Waals surface area contributed by atoms with Crippen LogP contribution in [0.2, 0.25) is 0 Å². The molecule has 13 nitrogen and oxygen atoms in total. The molecule has 0 saturated heterocycles. The van der Waals surface area contributed by atoms with Gasteiger partial charge in [0.15, 0.2) is 23.2 Å². The van der Waals surface area contributed by atoms with Crippen molar-refractivity contribution in [3.05, 3.63) is 81.9 Å². The molecule has 0 fully saturated rings. The number of carbonyl (C=O) groups excluding carboxylic acids is 1. The Morgan fingerprint density at radius 1 is 1.14 bits per heavy atom. The summed E-state index contributed by atoms with van der Waals surface area (Å²) < 4.78 is 70.1. The maximum absolute atomic E-state index is 15.7. The number of pyridine rings is 1. The van der Waals surface area contributed by atoms with E-state index < -0.39 is 41.3 Å². The van der Waals surface area contributed by atoms with Gasteiger partial charge < -0.3 is 31.0 Å². The lowest BCUT2D eigenvalue weighted by atomic mass is 10.0. The van der Waals surface area contributed by atoms with E-state index in [1.807, 2.05) is 0 Å². The lowest BCUT2D eigenvalue weighted by Crippen LogP contribution is -2.29. The van der Waals surface area contributed by atoms with Gasteiger partial charge in [-0.05, 0) is 30.3 Å². The fourth-order valence-electron chi connectivity index (χ4n) is 3.81. The second kappa shape index (κ2) is 11.5. The third-order valence-corrected chi connectivity index (χ3v) is 5.75. The third kappa shape index (κ3) is 5.93. The molecule has 0 aliphatic carbocycles. The van der Waals surface area contributed by atoms with Crippen molar-refractivity contribution in [2.75, 3.05) is 25.3 Å². The van der Waals surface area contributed by atoms with Crippen molar-refractivity contribution in [3.63, 3.8) is 0 Å². The summed E-state index contributed by atoms with van der Waals surface area (Å²) in [5.41, 5.74) is 10.1. The first-order chi connectivity index (χ1) is 19.8. The molecule has 2 aromatic heterocycles. The number of esters is 1. The number of nitrogens with two attached hydrogens (primary N) is 2. The van der Waals surface area contributed by atoms with Gasteiger partial charge in [-0.1, -0.05) is 0 Å². The number of rotatable bonds is 9. The molecular weight excluding hydrogens is 568 g/mol. The van der Waals surface area contributed by atoms with Crippen LogP contribution >= 0.6 is 0 Å². The van der Waals surface area contributed by atoms with Crippen molar-refractivity contribution in [1.82, 2.24) is 19.7 Å². The van der Waals surface area contributed by atoms with Crippen molar-refractivity contribution >= 4 is 23.2 Å². The van der Waals surface area contributed by atoms with E-state index in [9.17, 15) is 22.8 Å². The van der Waals surface area contributed by atoms with E-state index in [1.165, 1.54) is 50.7 Å². The standard InChI is InChI=1S/C25H22F4N8O5/c1-40-12-9-14(18(26)17(10-12)41-2)19(21-35-24(39)37(36-21)22-15(30)4-3-7-33-22)34-11-5-6-13(20(31)32)16(8-11)42-23(38)25(27,28)29/h3-10,19,34H,30H2,1-2H3,(H3,31,32)(H,35,36,39). The van der Waals surface area contributed by atoms with Crippen molar-refractivity contribution in [2.24, 2.45) is 5.73 Å². The Balaban J connectivity index is 1.88. The van der Waals surface area contributed by atoms with Crippen LogP contribution in [0, 0.1) is 11.2 Å². The number of H-pyrrole nitrogens is 1. The number of aromatic nitrogens is 4. The lowest BCUT2D eigenvalue weighted by Gasteiger charge is -2.21. The Hall–Kier alpha value is -5.61. The molecule has 42 heavy (non-hydrogen) atoms. The Morgan fingerprint density at radius 3 is 2.50 bits per heavy atom. The number of carbonyl (C=O) groups is 1. The summed E-state index contributed by atoms with van der Waals surface area (Å²) in [5, 5.41) is 14.7. The molecule has 2 heterocycles. The molecule has 220 valence electrons. The molecule has 4 aromatic rings. The van der Waals surface area contributed by atoms with Gasteiger partial charge >= 0.3 is 17.8 Å². The Labute approximate surface area is 233 Å². The first-order valence-electron chi connectivity index (χ1n) is 11.7. The number of nitrogens with one attached hydrogen (secondary N) is 3. The molecule has 4 rings (SSSR count). The minimum Gasteiger partial charge on any atom is -0.497 e. The average molecular weight is 590 g/mol. The number of anilines is 2. The second-order valence-electron chi connectivity index (χ2n) is 8.47. The summed E-state index contributed by atoms with van der Waals surface area (Å²) in [6.07, 6.45) is -3.98. The minimum absolute atomic E-state index is 0.0281. The number of benzene rings is 2.